The summed E-state index contributed by atoms with van der Waals surface area (Å²) in [7, 11) is 1.70. The molecule has 0 fully saturated rings. The van der Waals surface area contributed by atoms with Crippen LogP contribution in [-0.2, 0) is 6.42 Å². The number of methoxy groups -OCH3 is 1. The normalized spacial score (nSPS) is 13.8. The van der Waals surface area contributed by atoms with E-state index < -0.39 is 0 Å². The number of benzene rings is 1. The molecule has 0 spiro atoms. The Balaban J connectivity index is 2.45. The second kappa shape index (κ2) is 3.23. The molecule has 1 aromatic rings. The van der Waals surface area contributed by atoms with Gasteiger partial charge in [-0.15, -0.1) is 0 Å². The van der Waals surface area contributed by atoms with Crippen molar-refractivity contribution in [1.82, 2.24) is 0 Å². The highest BCUT2D eigenvalue weighted by Gasteiger charge is 2.14. The third-order valence-corrected chi connectivity index (χ3v) is 2.40. The summed E-state index contributed by atoms with van der Waals surface area (Å²) in [6.07, 6.45) is 3.11. The quantitative estimate of drug-likeness (QED) is 0.740. The molecule has 1 aliphatic carbocycles. The van der Waals surface area contributed by atoms with E-state index in [4.69, 9.17) is 10.5 Å². The van der Waals surface area contributed by atoms with Crippen molar-refractivity contribution in [3.05, 3.63) is 34.9 Å². The lowest BCUT2D eigenvalue weighted by Gasteiger charge is -2.04. The molecule has 13 heavy (non-hydrogen) atoms. The van der Waals surface area contributed by atoms with Gasteiger partial charge in [0, 0.05) is 12.1 Å². The highest BCUT2D eigenvalue weighted by atomic mass is 16.5. The summed E-state index contributed by atoms with van der Waals surface area (Å²) in [5, 5.41) is 0. The molecule has 0 unspecified atom stereocenters. The molecule has 2 N–H and O–H groups in total. The average Bonchev–Trinajstić information content (AvgIpc) is 2.59. The Morgan fingerprint density at radius 3 is 3.00 bits per heavy atom. The summed E-state index contributed by atoms with van der Waals surface area (Å²) < 4.78 is 5.26. The van der Waals surface area contributed by atoms with Crippen molar-refractivity contribution in [3.63, 3.8) is 0 Å². The molecule has 1 aliphatic rings. The molecular formula is C11H13NO. The second-order valence-corrected chi connectivity index (χ2v) is 3.22. The van der Waals surface area contributed by atoms with E-state index in [9.17, 15) is 0 Å². The smallest absolute Gasteiger partial charge is 0.126 e. The van der Waals surface area contributed by atoms with Crippen molar-refractivity contribution >= 4 is 6.08 Å². The van der Waals surface area contributed by atoms with Gasteiger partial charge in [-0.05, 0) is 18.1 Å². The molecule has 2 nitrogen and oxygen atoms in total. The number of nitrogens with two attached hydrogens (primary N) is 1. The van der Waals surface area contributed by atoms with Crippen LogP contribution in [0.3, 0.4) is 0 Å². The van der Waals surface area contributed by atoms with Gasteiger partial charge in [-0.25, -0.2) is 0 Å². The van der Waals surface area contributed by atoms with Crippen LogP contribution in [0.4, 0.5) is 0 Å². The summed E-state index contributed by atoms with van der Waals surface area (Å²) >= 11 is 0. The second-order valence-electron chi connectivity index (χ2n) is 3.22. The maximum atomic E-state index is 5.60. The van der Waals surface area contributed by atoms with E-state index in [2.05, 4.69) is 12.1 Å². The molecule has 0 amide bonds. The summed E-state index contributed by atoms with van der Waals surface area (Å²) in [4.78, 5) is 0. The Kier molecular flexibility index (Phi) is 2.07. The molecule has 0 saturated heterocycles. The Morgan fingerprint density at radius 2 is 2.31 bits per heavy atom. The third-order valence-electron chi connectivity index (χ3n) is 2.40. The van der Waals surface area contributed by atoms with Gasteiger partial charge in [0.05, 0.1) is 7.11 Å². The lowest BCUT2D eigenvalue weighted by Crippen LogP contribution is -2.01. The first kappa shape index (κ1) is 8.32. The highest BCUT2D eigenvalue weighted by molar-refractivity contribution is 5.69. The molecule has 0 bridgehead atoms. The van der Waals surface area contributed by atoms with Crippen LogP contribution in [0.5, 0.6) is 5.75 Å². The summed E-state index contributed by atoms with van der Waals surface area (Å²) in [5.74, 6) is 0.945. The summed E-state index contributed by atoms with van der Waals surface area (Å²) in [5.41, 5.74) is 9.39. The van der Waals surface area contributed by atoms with Gasteiger partial charge in [0.15, 0.2) is 0 Å². The van der Waals surface area contributed by atoms with Crippen LogP contribution in [0.25, 0.3) is 6.08 Å². The van der Waals surface area contributed by atoms with Gasteiger partial charge in [-0.3, -0.25) is 0 Å². The summed E-state index contributed by atoms with van der Waals surface area (Å²) in [6, 6.07) is 6.12. The van der Waals surface area contributed by atoms with E-state index in [1.54, 1.807) is 7.11 Å². The van der Waals surface area contributed by atoms with E-state index >= 15 is 0 Å². The third kappa shape index (κ3) is 1.33. The van der Waals surface area contributed by atoms with Gasteiger partial charge in [-0.1, -0.05) is 23.8 Å². The van der Waals surface area contributed by atoms with Crippen LogP contribution in [0.15, 0.2) is 23.8 Å². The fraction of sp³-hybridized carbons (Fsp3) is 0.273. The fourth-order valence-corrected chi connectivity index (χ4v) is 1.72. The minimum absolute atomic E-state index is 0.637. The van der Waals surface area contributed by atoms with Crippen molar-refractivity contribution < 1.29 is 4.74 Å². The topological polar surface area (TPSA) is 35.2 Å². The Labute approximate surface area is 78.0 Å². The van der Waals surface area contributed by atoms with Gasteiger partial charge in [-0.2, -0.15) is 0 Å². The van der Waals surface area contributed by atoms with Crippen LogP contribution in [0.1, 0.15) is 11.1 Å². The van der Waals surface area contributed by atoms with Crippen molar-refractivity contribution in [2.75, 3.05) is 13.7 Å². The minimum Gasteiger partial charge on any atom is -0.496 e. The zero-order valence-electron chi connectivity index (χ0n) is 7.71. The Morgan fingerprint density at radius 1 is 1.46 bits per heavy atom. The first-order valence-corrected chi connectivity index (χ1v) is 4.40. The monoisotopic (exact) mass is 175 g/mol. The van der Waals surface area contributed by atoms with E-state index in [-0.39, 0.29) is 0 Å². The standard InChI is InChI=1S/C11H13NO/c1-13-11-4-2-3-9-5-8(7-12)6-10(9)11/h2-4,6H,5,7,12H2,1H3. The molecule has 1 aromatic carbocycles. The van der Waals surface area contributed by atoms with Crippen molar-refractivity contribution in [1.29, 1.82) is 0 Å². The van der Waals surface area contributed by atoms with Gasteiger partial charge in [0.2, 0.25) is 0 Å². The largest absolute Gasteiger partial charge is 0.496 e. The molecule has 0 heterocycles. The maximum absolute atomic E-state index is 5.60. The van der Waals surface area contributed by atoms with Gasteiger partial charge in [0.25, 0.3) is 0 Å². The molecule has 68 valence electrons. The number of hydrogen-bond donors (Lipinski definition) is 1. The van der Waals surface area contributed by atoms with E-state index in [1.165, 1.54) is 16.7 Å². The average molecular weight is 175 g/mol. The van der Waals surface area contributed by atoms with Crippen molar-refractivity contribution in [3.8, 4) is 5.75 Å². The van der Waals surface area contributed by atoms with Crippen molar-refractivity contribution in [2.24, 2.45) is 5.73 Å². The zero-order chi connectivity index (χ0) is 9.26. The number of hydrogen-bond acceptors (Lipinski definition) is 2. The first-order valence-electron chi connectivity index (χ1n) is 4.40. The van der Waals surface area contributed by atoms with Crippen LogP contribution >= 0.6 is 0 Å². The Hall–Kier alpha value is -1.28. The molecule has 0 aromatic heterocycles. The molecule has 0 radical (unpaired) electrons. The number of fused-ring (bicyclic) bond motifs is 1. The van der Waals surface area contributed by atoms with Crippen LogP contribution in [-0.4, -0.2) is 13.7 Å². The van der Waals surface area contributed by atoms with E-state index in [1.807, 2.05) is 12.1 Å². The molecule has 2 heteroatoms. The van der Waals surface area contributed by atoms with Gasteiger partial charge in [0.1, 0.15) is 5.75 Å². The number of rotatable bonds is 2. The molecule has 0 atom stereocenters. The number of ether oxygens (including phenoxy) is 1. The lowest BCUT2D eigenvalue weighted by molar-refractivity contribution is 0.413. The first-order chi connectivity index (χ1) is 6.35. The SMILES string of the molecule is COc1cccc2c1C=C(CN)C2. The molecule has 0 saturated carbocycles. The highest BCUT2D eigenvalue weighted by Crippen LogP contribution is 2.31. The van der Waals surface area contributed by atoms with Crippen LogP contribution in [0.2, 0.25) is 0 Å². The minimum atomic E-state index is 0.637. The van der Waals surface area contributed by atoms with Crippen LogP contribution < -0.4 is 10.5 Å². The lowest BCUT2D eigenvalue weighted by atomic mass is 10.1. The zero-order valence-corrected chi connectivity index (χ0v) is 7.71. The molecule has 0 aliphatic heterocycles. The van der Waals surface area contributed by atoms with Crippen molar-refractivity contribution in [2.45, 2.75) is 6.42 Å². The predicted molar refractivity (Wildman–Crippen MR) is 53.7 cm³/mol. The molecular weight excluding hydrogens is 162 g/mol. The van der Waals surface area contributed by atoms with Gasteiger partial charge < -0.3 is 10.5 Å². The predicted octanol–water partition coefficient (Wildman–Crippen LogP) is 1.59. The van der Waals surface area contributed by atoms with Gasteiger partial charge >= 0.3 is 0 Å². The van der Waals surface area contributed by atoms with E-state index in [0.29, 0.717) is 6.54 Å². The van der Waals surface area contributed by atoms with E-state index in [0.717, 1.165) is 12.2 Å². The Bertz CT molecular complexity index is 355. The molecule has 2 rings (SSSR count). The fourth-order valence-electron chi connectivity index (χ4n) is 1.72. The maximum Gasteiger partial charge on any atom is 0.126 e. The summed E-state index contributed by atoms with van der Waals surface area (Å²) in [6.45, 7) is 0.637. The van der Waals surface area contributed by atoms with Crippen LogP contribution in [0, 0.1) is 0 Å².